The van der Waals surface area contributed by atoms with Crippen molar-refractivity contribution < 1.29 is 18.1 Å². The maximum atomic E-state index is 13.3. The van der Waals surface area contributed by atoms with Crippen molar-refractivity contribution in [3.8, 4) is 17.3 Å². The van der Waals surface area contributed by atoms with E-state index in [2.05, 4.69) is 4.98 Å². The van der Waals surface area contributed by atoms with Crippen molar-refractivity contribution in [2.45, 2.75) is 25.9 Å². The molecule has 0 bridgehead atoms. The van der Waals surface area contributed by atoms with Crippen molar-refractivity contribution in [2.24, 2.45) is 0 Å². The average Bonchev–Trinajstić information content (AvgIpc) is 2.87. The van der Waals surface area contributed by atoms with Gasteiger partial charge in [0.1, 0.15) is 17.3 Å². The number of hydrogen-bond donors (Lipinski definition) is 1. The van der Waals surface area contributed by atoms with Crippen molar-refractivity contribution in [1.29, 1.82) is 5.26 Å². The lowest BCUT2D eigenvalue weighted by atomic mass is 9.99. The lowest BCUT2D eigenvalue weighted by Gasteiger charge is -2.08. The summed E-state index contributed by atoms with van der Waals surface area (Å²) in [6.07, 6.45) is -4.89. The molecule has 1 N–H and O–H groups in total. The molecule has 0 aliphatic rings. The SMILES string of the molecule is CC(C)c1ccc(-c2[nH]c([N+](=O)[O-])c(C#N)c2C(F)(F)F)cc1. The number of nitrogens with one attached hydrogen (secondary N) is 1. The molecule has 0 unspecified atom stereocenters. The van der Waals surface area contributed by atoms with Crippen molar-refractivity contribution in [2.75, 3.05) is 0 Å². The van der Waals surface area contributed by atoms with Crippen LogP contribution in [0.1, 0.15) is 36.5 Å². The Morgan fingerprint density at radius 3 is 2.22 bits per heavy atom. The van der Waals surface area contributed by atoms with Gasteiger partial charge in [0.2, 0.25) is 0 Å². The molecule has 0 aliphatic carbocycles. The maximum absolute atomic E-state index is 13.3. The van der Waals surface area contributed by atoms with Crippen LogP contribution < -0.4 is 0 Å². The number of H-pyrrole nitrogens is 1. The Bertz CT molecular complexity index is 784. The van der Waals surface area contributed by atoms with Crippen LogP contribution in [0.25, 0.3) is 11.3 Å². The molecular weight excluding hydrogens is 311 g/mol. The van der Waals surface area contributed by atoms with Crippen LogP contribution in [-0.2, 0) is 6.18 Å². The van der Waals surface area contributed by atoms with Gasteiger partial charge in [-0.1, -0.05) is 38.1 Å². The molecule has 0 fully saturated rings. The Balaban J connectivity index is 2.71. The van der Waals surface area contributed by atoms with E-state index in [0.717, 1.165) is 5.56 Å². The quantitative estimate of drug-likeness (QED) is 0.661. The van der Waals surface area contributed by atoms with Crippen LogP contribution in [0.2, 0.25) is 0 Å². The summed E-state index contributed by atoms with van der Waals surface area (Å²) in [5.74, 6) is -0.762. The van der Waals surface area contributed by atoms with Gasteiger partial charge in [-0.15, -0.1) is 0 Å². The Morgan fingerprint density at radius 2 is 1.83 bits per heavy atom. The molecular formula is C15H12F3N3O2. The van der Waals surface area contributed by atoms with Gasteiger partial charge < -0.3 is 10.1 Å². The van der Waals surface area contributed by atoms with E-state index in [1.165, 1.54) is 18.2 Å². The Morgan fingerprint density at radius 1 is 1.26 bits per heavy atom. The average molecular weight is 323 g/mol. The predicted molar refractivity (Wildman–Crippen MR) is 76.7 cm³/mol. The van der Waals surface area contributed by atoms with Gasteiger partial charge in [-0.3, -0.25) is 0 Å². The summed E-state index contributed by atoms with van der Waals surface area (Å²) >= 11 is 0. The zero-order chi connectivity index (χ0) is 17.4. The molecule has 0 spiro atoms. The minimum Gasteiger partial charge on any atom is -0.358 e. The van der Waals surface area contributed by atoms with Crippen LogP contribution in [0.5, 0.6) is 0 Å². The van der Waals surface area contributed by atoms with Crippen molar-refractivity contribution in [3.63, 3.8) is 0 Å². The maximum Gasteiger partial charge on any atom is 0.422 e. The smallest absolute Gasteiger partial charge is 0.358 e. The van der Waals surface area contributed by atoms with Crippen LogP contribution in [0, 0.1) is 21.4 Å². The molecule has 0 saturated heterocycles. The molecule has 120 valence electrons. The van der Waals surface area contributed by atoms with Crippen LogP contribution in [0.3, 0.4) is 0 Å². The van der Waals surface area contributed by atoms with E-state index >= 15 is 0 Å². The molecule has 2 rings (SSSR count). The first-order valence-corrected chi connectivity index (χ1v) is 6.64. The standard InChI is InChI=1S/C15H12F3N3O2/c1-8(2)9-3-5-10(6-4-9)13-12(15(16,17)18)11(7-19)14(20-13)21(22)23/h3-6,8,20H,1-2H3. The van der Waals surface area contributed by atoms with E-state index < -0.39 is 33.7 Å². The summed E-state index contributed by atoms with van der Waals surface area (Å²) in [5.41, 5.74) is -1.75. The summed E-state index contributed by atoms with van der Waals surface area (Å²) in [5, 5.41) is 19.8. The molecule has 0 radical (unpaired) electrons. The van der Waals surface area contributed by atoms with Crippen LogP contribution in [0.4, 0.5) is 19.0 Å². The van der Waals surface area contributed by atoms with Crippen LogP contribution >= 0.6 is 0 Å². The number of benzene rings is 1. The fourth-order valence-corrected chi connectivity index (χ4v) is 2.27. The van der Waals surface area contributed by atoms with Gasteiger partial charge in [0.25, 0.3) is 0 Å². The second kappa shape index (κ2) is 5.76. The minimum absolute atomic E-state index is 0.131. The third-order valence-electron chi connectivity index (χ3n) is 3.42. The zero-order valence-corrected chi connectivity index (χ0v) is 12.2. The second-order valence-corrected chi connectivity index (χ2v) is 5.24. The number of rotatable bonds is 3. The van der Waals surface area contributed by atoms with Gasteiger partial charge in [-0.25, -0.2) is 4.98 Å². The topological polar surface area (TPSA) is 82.7 Å². The van der Waals surface area contributed by atoms with Gasteiger partial charge in [-0.2, -0.15) is 18.4 Å². The van der Waals surface area contributed by atoms with E-state index in [-0.39, 0.29) is 11.5 Å². The third-order valence-corrected chi connectivity index (χ3v) is 3.42. The van der Waals surface area contributed by atoms with Crippen molar-refractivity contribution in [1.82, 2.24) is 4.98 Å². The highest BCUT2D eigenvalue weighted by molar-refractivity contribution is 5.72. The molecule has 1 aromatic heterocycles. The number of aromatic amines is 1. The molecule has 0 atom stereocenters. The van der Waals surface area contributed by atoms with E-state index in [0.29, 0.717) is 0 Å². The van der Waals surface area contributed by atoms with Gasteiger partial charge in [-0.05, 0) is 16.4 Å². The Hall–Kier alpha value is -2.82. The number of halogens is 3. The first-order chi connectivity index (χ1) is 10.7. The number of hydrogen-bond acceptors (Lipinski definition) is 3. The molecule has 8 heteroatoms. The van der Waals surface area contributed by atoms with E-state index in [4.69, 9.17) is 5.26 Å². The first-order valence-electron chi connectivity index (χ1n) is 6.64. The highest BCUT2D eigenvalue weighted by atomic mass is 19.4. The number of alkyl halides is 3. The number of nitrogens with zero attached hydrogens (tertiary/aromatic N) is 2. The highest BCUT2D eigenvalue weighted by Gasteiger charge is 2.43. The van der Waals surface area contributed by atoms with E-state index in [1.807, 2.05) is 13.8 Å². The number of nitro groups is 1. The van der Waals surface area contributed by atoms with E-state index in [9.17, 15) is 23.3 Å². The van der Waals surface area contributed by atoms with E-state index in [1.54, 1.807) is 12.1 Å². The molecule has 0 aliphatic heterocycles. The molecule has 1 heterocycles. The molecule has 0 saturated carbocycles. The first kappa shape index (κ1) is 16.5. The van der Waals surface area contributed by atoms with Crippen LogP contribution in [0.15, 0.2) is 24.3 Å². The van der Waals surface area contributed by atoms with Crippen molar-refractivity contribution >= 4 is 5.82 Å². The van der Waals surface area contributed by atoms with Gasteiger partial charge in [0, 0.05) is 5.56 Å². The molecule has 0 amide bonds. The largest absolute Gasteiger partial charge is 0.422 e. The third kappa shape index (κ3) is 3.04. The fourth-order valence-electron chi connectivity index (χ4n) is 2.27. The van der Waals surface area contributed by atoms with Gasteiger partial charge >= 0.3 is 12.0 Å². The Kier molecular flexibility index (Phi) is 4.14. The normalized spacial score (nSPS) is 11.5. The van der Waals surface area contributed by atoms with Crippen LogP contribution in [-0.4, -0.2) is 9.91 Å². The molecule has 23 heavy (non-hydrogen) atoms. The highest BCUT2D eigenvalue weighted by Crippen LogP contribution is 2.42. The Labute approximate surface area is 129 Å². The number of aromatic nitrogens is 1. The zero-order valence-electron chi connectivity index (χ0n) is 12.2. The predicted octanol–water partition coefficient (Wildman–Crippen LogP) is 4.60. The summed E-state index contributed by atoms with van der Waals surface area (Å²) in [6, 6.07) is 7.47. The molecule has 5 nitrogen and oxygen atoms in total. The second-order valence-electron chi connectivity index (χ2n) is 5.24. The number of nitriles is 1. The monoisotopic (exact) mass is 323 g/mol. The summed E-state index contributed by atoms with van der Waals surface area (Å²) in [4.78, 5) is 12.0. The lowest BCUT2D eigenvalue weighted by Crippen LogP contribution is -2.08. The molecule has 1 aromatic carbocycles. The fraction of sp³-hybridized carbons (Fsp3) is 0.267. The van der Waals surface area contributed by atoms with Gasteiger partial charge in [0.15, 0.2) is 5.56 Å². The summed E-state index contributed by atoms with van der Waals surface area (Å²) in [6.45, 7) is 3.87. The van der Waals surface area contributed by atoms with Crippen molar-refractivity contribution in [3.05, 3.63) is 51.1 Å². The van der Waals surface area contributed by atoms with Gasteiger partial charge in [0.05, 0.1) is 0 Å². The molecule has 2 aromatic rings. The summed E-state index contributed by atoms with van der Waals surface area (Å²) in [7, 11) is 0. The summed E-state index contributed by atoms with van der Waals surface area (Å²) < 4.78 is 39.8. The lowest BCUT2D eigenvalue weighted by molar-refractivity contribution is -0.389. The minimum atomic E-state index is -4.89.